The molecule has 0 unspecified atom stereocenters. The Balaban J connectivity index is 2.04. The van der Waals surface area contributed by atoms with Crippen LogP contribution in [-0.2, 0) is 16.4 Å². The van der Waals surface area contributed by atoms with Crippen molar-refractivity contribution in [1.29, 1.82) is 0 Å². The minimum atomic E-state index is -3.81. The maximum absolute atomic E-state index is 13.0. The van der Waals surface area contributed by atoms with Crippen LogP contribution >= 0.6 is 0 Å². The first kappa shape index (κ1) is 15.3. The van der Waals surface area contributed by atoms with Crippen molar-refractivity contribution >= 4 is 15.8 Å². The zero-order valence-electron chi connectivity index (χ0n) is 10.9. The Labute approximate surface area is 120 Å². The summed E-state index contributed by atoms with van der Waals surface area (Å²) in [5.74, 6) is -1.52. The number of sulfonamides is 1. The van der Waals surface area contributed by atoms with Gasteiger partial charge in [0.2, 0.25) is 10.0 Å². The Morgan fingerprint density at radius 2 is 1.86 bits per heavy atom. The van der Waals surface area contributed by atoms with Gasteiger partial charge in [0.15, 0.2) is 0 Å². The van der Waals surface area contributed by atoms with Crippen LogP contribution in [0.2, 0.25) is 0 Å². The SMILES string of the molecule is Nc1ncccc1S(=O)(=O)NCCc1cc(F)cc(F)c1. The van der Waals surface area contributed by atoms with E-state index in [1.54, 1.807) is 0 Å². The van der Waals surface area contributed by atoms with E-state index in [9.17, 15) is 17.2 Å². The van der Waals surface area contributed by atoms with E-state index < -0.39 is 21.7 Å². The Morgan fingerprint density at radius 1 is 1.19 bits per heavy atom. The van der Waals surface area contributed by atoms with Gasteiger partial charge in [0.25, 0.3) is 0 Å². The van der Waals surface area contributed by atoms with Crippen LogP contribution in [0, 0.1) is 11.6 Å². The van der Waals surface area contributed by atoms with Crippen LogP contribution in [0.15, 0.2) is 41.4 Å². The van der Waals surface area contributed by atoms with Crippen molar-refractivity contribution in [3.63, 3.8) is 0 Å². The second-order valence-electron chi connectivity index (χ2n) is 4.31. The molecule has 0 spiro atoms. The molecule has 1 aromatic heterocycles. The van der Waals surface area contributed by atoms with Gasteiger partial charge in [-0.25, -0.2) is 26.9 Å². The summed E-state index contributed by atoms with van der Waals surface area (Å²) >= 11 is 0. The van der Waals surface area contributed by atoms with Crippen molar-refractivity contribution in [3.05, 3.63) is 53.7 Å². The fraction of sp³-hybridized carbons (Fsp3) is 0.154. The lowest BCUT2D eigenvalue weighted by Crippen LogP contribution is -2.27. The van der Waals surface area contributed by atoms with Crippen LogP contribution in [0.4, 0.5) is 14.6 Å². The zero-order chi connectivity index (χ0) is 15.5. The number of nitrogen functional groups attached to an aromatic ring is 1. The predicted octanol–water partition coefficient (Wildman–Crippen LogP) is 1.46. The molecule has 5 nitrogen and oxygen atoms in total. The number of hydrogen-bond donors (Lipinski definition) is 2. The summed E-state index contributed by atoms with van der Waals surface area (Å²) in [4.78, 5) is 3.57. The summed E-state index contributed by atoms with van der Waals surface area (Å²) in [6.07, 6.45) is 1.53. The van der Waals surface area contributed by atoms with E-state index >= 15 is 0 Å². The molecule has 0 saturated heterocycles. The Kier molecular flexibility index (Phi) is 4.49. The molecular weight excluding hydrogens is 300 g/mol. The average Bonchev–Trinajstić information content (AvgIpc) is 2.37. The first-order chi connectivity index (χ1) is 9.88. The molecule has 0 saturated carbocycles. The van der Waals surface area contributed by atoms with Crippen molar-refractivity contribution in [2.45, 2.75) is 11.3 Å². The summed E-state index contributed by atoms with van der Waals surface area (Å²) in [5, 5.41) is 0. The van der Waals surface area contributed by atoms with E-state index in [4.69, 9.17) is 5.73 Å². The highest BCUT2D eigenvalue weighted by Crippen LogP contribution is 2.14. The molecule has 0 aliphatic heterocycles. The van der Waals surface area contributed by atoms with Crippen molar-refractivity contribution in [3.8, 4) is 0 Å². The van der Waals surface area contributed by atoms with Crippen molar-refractivity contribution in [2.75, 3.05) is 12.3 Å². The maximum Gasteiger partial charge on any atom is 0.244 e. The monoisotopic (exact) mass is 313 g/mol. The van der Waals surface area contributed by atoms with Gasteiger partial charge in [-0.05, 0) is 36.2 Å². The highest BCUT2D eigenvalue weighted by Gasteiger charge is 2.17. The molecule has 0 bridgehead atoms. The number of nitrogens with two attached hydrogens (primary N) is 1. The summed E-state index contributed by atoms with van der Waals surface area (Å²) in [6.45, 7) is -0.0143. The van der Waals surface area contributed by atoms with Gasteiger partial charge in [-0.3, -0.25) is 0 Å². The van der Waals surface area contributed by atoms with E-state index in [2.05, 4.69) is 9.71 Å². The van der Waals surface area contributed by atoms with E-state index in [-0.39, 0.29) is 23.7 Å². The Bertz CT molecular complexity index is 731. The maximum atomic E-state index is 13.0. The number of hydrogen-bond acceptors (Lipinski definition) is 4. The largest absolute Gasteiger partial charge is 0.383 e. The van der Waals surface area contributed by atoms with Gasteiger partial charge < -0.3 is 5.73 Å². The molecule has 0 fully saturated rings. The summed E-state index contributed by atoms with van der Waals surface area (Å²) in [7, 11) is -3.81. The number of aromatic nitrogens is 1. The smallest absolute Gasteiger partial charge is 0.244 e. The van der Waals surface area contributed by atoms with Crippen LogP contribution in [0.5, 0.6) is 0 Å². The molecule has 2 rings (SSSR count). The Morgan fingerprint density at radius 3 is 2.48 bits per heavy atom. The molecule has 1 aromatic carbocycles. The van der Waals surface area contributed by atoms with Crippen molar-refractivity contribution < 1.29 is 17.2 Å². The first-order valence-corrected chi connectivity index (χ1v) is 7.52. The number of nitrogens with one attached hydrogen (secondary N) is 1. The van der Waals surface area contributed by atoms with E-state index in [1.807, 2.05) is 0 Å². The van der Waals surface area contributed by atoms with Crippen LogP contribution < -0.4 is 10.5 Å². The van der Waals surface area contributed by atoms with Gasteiger partial charge in [0.1, 0.15) is 22.3 Å². The Hall–Kier alpha value is -2.06. The molecule has 3 N–H and O–H groups in total. The highest BCUT2D eigenvalue weighted by molar-refractivity contribution is 7.89. The number of rotatable bonds is 5. The lowest BCUT2D eigenvalue weighted by atomic mass is 10.1. The average molecular weight is 313 g/mol. The molecule has 0 atom stereocenters. The van der Waals surface area contributed by atoms with E-state index in [0.717, 1.165) is 18.2 Å². The molecule has 2 aromatic rings. The molecule has 8 heteroatoms. The molecule has 0 aliphatic rings. The number of pyridine rings is 1. The number of benzene rings is 1. The zero-order valence-corrected chi connectivity index (χ0v) is 11.7. The second-order valence-corrected chi connectivity index (χ2v) is 6.05. The second kappa shape index (κ2) is 6.15. The first-order valence-electron chi connectivity index (χ1n) is 6.03. The fourth-order valence-electron chi connectivity index (χ4n) is 1.79. The third-order valence-corrected chi connectivity index (χ3v) is 4.23. The van der Waals surface area contributed by atoms with Crippen LogP contribution in [-0.4, -0.2) is 19.9 Å². The van der Waals surface area contributed by atoms with Gasteiger partial charge in [-0.2, -0.15) is 0 Å². The standard InChI is InChI=1S/C13H13F2N3O2S/c14-10-6-9(7-11(15)8-10)3-5-18-21(19,20)12-2-1-4-17-13(12)16/h1-2,4,6-8,18H,3,5H2,(H2,16,17). The number of nitrogens with zero attached hydrogens (tertiary/aromatic N) is 1. The van der Waals surface area contributed by atoms with E-state index in [0.29, 0.717) is 5.56 Å². The third kappa shape index (κ3) is 3.96. The van der Waals surface area contributed by atoms with Crippen LogP contribution in [0.1, 0.15) is 5.56 Å². The van der Waals surface area contributed by atoms with Gasteiger partial charge in [0.05, 0.1) is 0 Å². The van der Waals surface area contributed by atoms with Crippen LogP contribution in [0.25, 0.3) is 0 Å². The molecule has 112 valence electrons. The van der Waals surface area contributed by atoms with Gasteiger partial charge in [-0.15, -0.1) is 0 Å². The summed E-state index contributed by atoms with van der Waals surface area (Å²) < 4.78 is 52.3. The molecular formula is C13H13F2N3O2S. The van der Waals surface area contributed by atoms with Gasteiger partial charge in [-0.1, -0.05) is 0 Å². The minimum absolute atomic E-state index is 0.0143. The van der Waals surface area contributed by atoms with E-state index in [1.165, 1.54) is 18.3 Å². The van der Waals surface area contributed by atoms with Crippen molar-refractivity contribution in [1.82, 2.24) is 9.71 Å². The molecule has 1 heterocycles. The van der Waals surface area contributed by atoms with Crippen molar-refractivity contribution in [2.24, 2.45) is 0 Å². The van der Waals surface area contributed by atoms with Crippen LogP contribution in [0.3, 0.4) is 0 Å². The topological polar surface area (TPSA) is 85.1 Å². The number of anilines is 1. The normalized spacial score (nSPS) is 11.5. The highest BCUT2D eigenvalue weighted by atomic mass is 32.2. The van der Waals surface area contributed by atoms with Gasteiger partial charge in [0, 0.05) is 18.8 Å². The summed E-state index contributed by atoms with van der Waals surface area (Å²) in [6, 6.07) is 5.83. The number of halogens is 2. The van der Waals surface area contributed by atoms with Gasteiger partial charge >= 0.3 is 0 Å². The molecule has 21 heavy (non-hydrogen) atoms. The third-order valence-electron chi connectivity index (χ3n) is 2.72. The molecule has 0 radical (unpaired) electrons. The predicted molar refractivity (Wildman–Crippen MR) is 73.9 cm³/mol. The summed E-state index contributed by atoms with van der Waals surface area (Å²) in [5.41, 5.74) is 5.86. The molecule has 0 amide bonds. The minimum Gasteiger partial charge on any atom is -0.383 e. The quantitative estimate of drug-likeness (QED) is 0.875. The fourth-order valence-corrected chi connectivity index (χ4v) is 2.90. The lowest BCUT2D eigenvalue weighted by molar-refractivity contribution is 0.576. The molecule has 0 aliphatic carbocycles. The lowest BCUT2D eigenvalue weighted by Gasteiger charge is -2.08.